The molecule has 0 spiro atoms. The minimum absolute atomic E-state index is 0.424. The lowest BCUT2D eigenvalue weighted by molar-refractivity contribution is 0.768. The van der Waals surface area contributed by atoms with E-state index in [0.717, 1.165) is 23.5 Å². The summed E-state index contributed by atoms with van der Waals surface area (Å²) in [6.07, 6.45) is 9.91. The van der Waals surface area contributed by atoms with Gasteiger partial charge in [-0.1, -0.05) is 188 Å². The fourth-order valence-corrected chi connectivity index (χ4v) is 11.4. The minimum atomic E-state index is -0.460. The Morgan fingerprint density at radius 3 is 1.70 bits per heavy atom. The molecule has 2 aliphatic rings. The highest BCUT2D eigenvalue weighted by atomic mass is 32.1. The predicted molar refractivity (Wildman–Crippen MR) is 268 cm³/mol. The Morgan fingerprint density at radius 1 is 0.413 bits per heavy atom. The van der Waals surface area contributed by atoms with E-state index in [1.165, 1.54) is 81.4 Å². The maximum Gasteiger partial charge on any atom is 0.0713 e. The molecule has 0 N–H and O–H groups in total. The van der Waals surface area contributed by atoms with Gasteiger partial charge in [0.2, 0.25) is 0 Å². The summed E-state index contributed by atoms with van der Waals surface area (Å²) in [5.74, 6) is 0.424. The van der Waals surface area contributed by atoms with Crippen LogP contribution in [0.4, 0.5) is 17.1 Å². The Hall–Kier alpha value is -7.52. The lowest BCUT2D eigenvalue weighted by Crippen LogP contribution is -2.28. The monoisotopic (exact) mass is 821 g/mol. The van der Waals surface area contributed by atoms with Crippen LogP contribution >= 0.6 is 11.3 Å². The summed E-state index contributed by atoms with van der Waals surface area (Å²) in [4.78, 5) is 2.43. The van der Waals surface area contributed by atoms with Crippen LogP contribution < -0.4 is 4.90 Å². The molecule has 1 unspecified atom stereocenters. The van der Waals surface area contributed by atoms with Gasteiger partial charge in [-0.15, -0.1) is 11.3 Å². The second-order valence-corrected chi connectivity index (χ2v) is 17.9. The molecule has 0 aliphatic heterocycles. The first kappa shape index (κ1) is 37.3. The van der Waals surface area contributed by atoms with Gasteiger partial charge < -0.3 is 4.90 Å². The fourth-order valence-electron chi connectivity index (χ4n) is 10.3. The van der Waals surface area contributed by atoms with E-state index in [-0.39, 0.29) is 0 Å². The molecule has 10 aromatic rings. The molecule has 1 heterocycles. The number of nitrogens with zero attached hydrogens (tertiary/aromatic N) is 1. The number of hydrogen-bond acceptors (Lipinski definition) is 2. The van der Waals surface area contributed by atoms with Gasteiger partial charge in [0, 0.05) is 43.2 Å². The van der Waals surface area contributed by atoms with Gasteiger partial charge in [-0.25, -0.2) is 0 Å². The van der Waals surface area contributed by atoms with Crippen molar-refractivity contribution in [1.29, 1.82) is 0 Å². The van der Waals surface area contributed by atoms with Crippen molar-refractivity contribution in [2.75, 3.05) is 4.90 Å². The van der Waals surface area contributed by atoms with Gasteiger partial charge in [0.15, 0.2) is 0 Å². The summed E-state index contributed by atoms with van der Waals surface area (Å²) in [7, 11) is 0. The Labute approximate surface area is 373 Å². The van der Waals surface area contributed by atoms with E-state index in [1.54, 1.807) is 0 Å². The molecule has 298 valence electrons. The summed E-state index contributed by atoms with van der Waals surface area (Å²) in [6, 6.07) is 81.3. The van der Waals surface area contributed by atoms with E-state index in [4.69, 9.17) is 0 Å². The maximum atomic E-state index is 2.43. The molecule has 9 aromatic carbocycles. The number of hydrogen-bond donors (Lipinski definition) is 0. The molecule has 0 amide bonds. The van der Waals surface area contributed by atoms with E-state index >= 15 is 0 Å². The molecule has 0 radical (unpaired) electrons. The predicted octanol–water partition coefficient (Wildman–Crippen LogP) is 16.8. The molecule has 2 heteroatoms. The molecule has 0 saturated heterocycles. The van der Waals surface area contributed by atoms with Gasteiger partial charge in [-0.3, -0.25) is 0 Å². The molecule has 1 nitrogen and oxygen atoms in total. The van der Waals surface area contributed by atoms with Crippen LogP contribution in [-0.4, -0.2) is 0 Å². The quantitative estimate of drug-likeness (QED) is 0.148. The van der Waals surface area contributed by atoms with Crippen LogP contribution in [0.1, 0.15) is 40.2 Å². The molecule has 1 aromatic heterocycles. The molecule has 0 fully saturated rings. The van der Waals surface area contributed by atoms with Crippen molar-refractivity contribution in [3.63, 3.8) is 0 Å². The lowest BCUT2D eigenvalue weighted by atomic mass is 9.68. The summed E-state index contributed by atoms with van der Waals surface area (Å²) < 4.78 is 2.64. The molecule has 1 atom stereocenters. The van der Waals surface area contributed by atoms with Crippen molar-refractivity contribution < 1.29 is 0 Å². The van der Waals surface area contributed by atoms with Crippen molar-refractivity contribution in [3.8, 4) is 33.4 Å². The van der Waals surface area contributed by atoms with Crippen molar-refractivity contribution in [1.82, 2.24) is 0 Å². The zero-order chi connectivity index (χ0) is 41.7. The minimum Gasteiger partial charge on any atom is -0.310 e. The largest absolute Gasteiger partial charge is 0.310 e. The van der Waals surface area contributed by atoms with Gasteiger partial charge in [-0.2, -0.15) is 0 Å². The summed E-state index contributed by atoms with van der Waals surface area (Å²) >= 11 is 1.86. The van der Waals surface area contributed by atoms with Crippen LogP contribution in [0.5, 0.6) is 0 Å². The van der Waals surface area contributed by atoms with Crippen LogP contribution in [0.2, 0.25) is 0 Å². The molecular formula is C61H43NS. The van der Waals surface area contributed by atoms with Crippen molar-refractivity contribution >= 4 is 48.6 Å². The standard InChI is InChI=1S/C61H43NS/c1-3-15-42(16-4-1)43-29-31-44(32-30-43)45-17-13-21-51(39-45)62(52-22-14-18-46(40-52)47-33-38-60-56(41-47)55-25-9-12-28-59(55)63-60)50-36-34-49(35-37-50)61(48-19-5-2-6-20-48)57-26-10-7-23-53(57)54-24-8-11-27-58(54)61/h1-15,17-42H,16H2. The number of allylic oxidation sites excluding steroid dienone is 4. The third-order valence-corrected chi connectivity index (χ3v) is 14.4. The molecule has 0 saturated carbocycles. The van der Waals surface area contributed by atoms with Crippen LogP contribution in [-0.2, 0) is 5.41 Å². The molecular weight excluding hydrogens is 779 g/mol. The summed E-state index contributed by atoms with van der Waals surface area (Å²) in [6.45, 7) is 0. The average molecular weight is 822 g/mol. The second kappa shape index (κ2) is 15.4. The van der Waals surface area contributed by atoms with Crippen molar-refractivity contribution in [3.05, 3.63) is 271 Å². The Balaban J connectivity index is 0.998. The smallest absolute Gasteiger partial charge is 0.0713 e. The number of rotatable bonds is 8. The number of fused-ring (bicyclic) bond motifs is 6. The van der Waals surface area contributed by atoms with Crippen molar-refractivity contribution in [2.24, 2.45) is 0 Å². The van der Waals surface area contributed by atoms with E-state index in [9.17, 15) is 0 Å². The van der Waals surface area contributed by atoms with E-state index < -0.39 is 5.41 Å². The van der Waals surface area contributed by atoms with E-state index in [1.807, 2.05) is 11.3 Å². The molecule has 0 bridgehead atoms. The van der Waals surface area contributed by atoms with Crippen molar-refractivity contribution in [2.45, 2.75) is 17.8 Å². The van der Waals surface area contributed by atoms with Gasteiger partial charge in [0.05, 0.1) is 5.41 Å². The lowest BCUT2D eigenvalue weighted by Gasteiger charge is -2.34. The van der Waals surface area contributed by atoms with E-state index in [2.05, 4.69) is 248 Å². The first-order chi connectivity index (χ1) is 31.2. The van der Waals surface area contributed by atoms with E-state index in [0.29, 0.717) is 5.92 Å². The second-order valence-electron chi connectivity index (χ2n) is 16.8. The van der Waals surface area contributed by atoms with Crippen LogP contribution in [0, 0.1) is 0 Å². The molecule has 2 aliphatic carbocycles. The third kappa shape index (κ3) is 6.29. The summed E-state index contributed by atoms with van der Waals surface area (Å²) in [5.41, 5.74) is 16.7. The normalized spacial score (nSPS) is 14.8. The Kier molecular flexibility index (Phi) is 9.13. The number of benzene rings is 9. The summed E-state index contributed by atoms with van der Waals surface area (Å²) in [5, 5.41) is 2.62. The first-order valence-corrected chi connectivity index (χ1v) is 22.8. The van der Waals surface area contributed by atoms with Gasteiger partial charge in [0.1, 0.15) is 0 Å². The number of anilines is 3. The van der Waals surface area contributed by atoms with Crippen LogP contribution in [0.25, 0.3) is 53.6 Å². The SMILES string of the molecule is C1=CCC(c2ccc(-c3cccc(N(c4ccc(C5(c6ccccc6)c6ccccc6-c6ccccc65)cc4)c4cccc(-c5ccc6sc7ccccc7c6c5)c4)c3)cc2)C=C1. The highest BCUT2D eigenvalue weighted by Crippen LogP contribution is 2.56. The zero-order valence-corrected chi connectivity index (χ0v) is 35.6. The average Bonchev–Trinajstić information content (AvgIpc) is 3.89. The fraction of sp³-hybridized carbons (Fsp3) is 0.0492. The highest BCUT2D eigenvalue weighted by Gasteiger charge is 2.45. The van der Waals surface area contributed by atoms with Gasteiger partial charge >= 0.3 is 0 Å². The topological polar surface area (TPSA) is 3.24 Å². The highest BCUT2D eigenvalue weighted by molar-refractivity contribution is 7.25. The molecule has 63 heavy (non-hydrogen) atoms. The third-order valence-electron chi connectivity index (χ3n) is 13.3. The van der Waals surface area contributed by atoms with Crippen LogP contribution in [0.15, 0.2) is 243 Å². The Morgan fingerprint density at radius 2 is 1.00 bits per heavy atom. The Bertz CT molecular complexity index is 3320. The van der Waals surface area contributed by atoms with Crippen LogP contribution in [0.3, 0.4) is 0 Å². The molecule has 12 rings (SSSR count). The maximum absolute atomic E-state index is 2.43. The zero-order valence-electron chi connectivity index (χ0n) is 34.7. The van der Waals surface area contributed by atoms with Gasteiger partial charge in [-0.05, 0) is 122 Å². The van der Waals surface area contributed by atoms with Gasteiger partial charge in [0.25, 0.3) is 0 Å². The number of thiophene rings is 1. The first-order valence-electron chi connectivity index (χ1n) is 21.9.